The van der Waals surface area contributed by atoms with Gasteiger partial charge in [-0.1, -0.05) is 42.5 Å². The monoisotopic (exact) mass is 444 g/mol. The average Bonchev–Trinajstić information content (AvgIpc) is 3.15. The van der Waals surface area contributed by atoms with Crippen molar-refractivity contribution in [3.8, 4) is 5.75 Å². The average molecular weight is 445 g/mol. The van der Waals surface area contributed by atoms with Gasteiger partial charge in [-0.3, -0.25) is 9.69 Å². The third kappa shape index (κ3) is 5.91. The zero-order chi connectivity index (χ0) is 22.4. The van der Waals surface area contributed by atoms with Crippen LogP contribution in [0.2, 0.25) is 0 Å². The standard InChI is InChI=1S/C22H24N2O6S/c25-17-8-6-15(7-9-17)10-11-23(21(27)28)20(26)19-12-18(31)13-24(19)22(29)30-14-16-4-2-1-3-5-16/h1-9,18-19,25,31H,10-14H2,(H,27,28)/t18-,19+/m1/s1. The summed E-state index contributed by atoms with van der Waals surface area (Å²) in [5, 5.41) is 18.7. The van der Waals surface area contributed by atoms with E-state index < -0.39 is 24.1 Å². The Balaban J connectivity index is 1.66. The summed E-state index contributed by atoms with van der Waals surface area (Å²) >= 11 is 4.39. The molecule has 0 radical (unpaired) electrons. The maximum absolute atomic E-state index is 13.0. The fourth-order valence-corrected chi connectivity index (χ4v) is 3.81. The van der Waals surface area contributed by atoms with E-state index in [9.17, 15) is 24.6 Å². The number of thiol groups is 1. The summed E-state index contributed by atoms with van der Waals surface area (Å²) in [6.07, 6.45) is -1.54. The largest absolute Gasteiger partial charge is 0.508 e. The molecular formula is C22H24N2O6S. The van der Waals surface area contributed by atoms with Gasteiger partial charge in [0, 0.05) is 18.3 Å². The van der Waals surface area contributed by atoms with Crippen molar-refractivity contribution in [2.24, 2.45) is 0 Å². The number of phenols is 1. The molecule has 3 amide bonds. The van der Waals surface area contributed by atoms with Gasteiger partial charge in [-0.2, -0.15) is 12.6 Å². The molecule has 0 unspecified atom stereocenters. The topological polar surface area (TPSA) is 107 Å². The minimum Gasteiger partial charge on any atom is -0.508 e. The first-order valence-corrected chi connectivity index (χ1v) is 10.3. The summed E-state index contributed by atoms with van der Waals surface area (Å²) in [5.41, 5.74) is 1.58. The van der Waals surface area contributed by atoms with Gasteiger partial charge in [0.25, 0.3) is 5.91 Å². The van der Waals surface area contributed by atoms with Crippen LogP contribution in [0, 0.1) is 0 Å². The molecule has 1 aliphatic rings. The van der Waals surface area contributed by atoms with Crippen LogP contribution < -0.4 is 0 Å². The van der Waals surface area contributed by atoms with Crippen LogP contribution in [0.25, 0.3) is 0 Å². The number of imide groups is 1. The highest BCUT2D eigenvalue weighted by Gasteiger charge is 2.42. The minimum atomic E-state index is -1.39. The number of carbonyl (C=O) groups is 3. The Morgan fingerprint density at radius 1 is 1.06 bits per heavy atom. The van der Waals surface area contributed by atoms with Gasteiger partial charge < -0.3 is 14.9 Å². The summed E-state index contributed by atoms with van der Waals surface area (Å²) in [6.45, 7) is 0.177. The Labute approximate surface area is 185 Å². The number of ether oxygens (including phenoxy) is 1. The number of carbonyl (C=O) groups excluding carboxylic acids is 2. The van der Waals surface area contributed by atoms with Crippen LogP contribution in [0.5, 0.6) is 5.75 Å². The molecule has 0 saturated carbocycles. The highest BCUT2D eigenvalue weighted by atomic mass is 32.1. The van der Waals surface area contributed by atoms with Crippen LogP contribution in [0.15, 0.2) is 54.6 Å². The predicted molar refractivity (Wildman–Crippen MR) is 116 cm³/mol. The van der Waals surface area contributed by atoms with Crippen molar-refractivity contribution in [3.63, 3.8) is 0 Å². The van der Waals surface area contributed by atoms with E-state index in [-0.39, 0.29) is 43.5 Å². The SMILES string of the molecule is O=C(O)N(CCc1ccc(O)cc1)C(=O)[C@@H]1C[C@@H](S)CN1C(=O)OCc1ccccc1. The summed E-state index contributed by atoms with van der Waals surface area (Å²) in [7, 11) is 0. The second-order valence-corrected chi connectivity index (χ2v) is 8.02. The van der Waals surface area contributed by atoms with Gasteiger partial charge in [0.2, 0.25) is 0 Å². The third-order valence-corrected chi connectivity index (χ3v) is 5.44. The number of likely N-dealkylation sites (tertiary alicyclic amines) is 1. The highest BCUT2D eigenvalue weighted by molar-refractivity contribution is 7.81. The van der Waals surface area contributed by atoms with Gasteiger partial charge in [-0.25, -0.2) is 14.5 Å². The van der Waals surface area contributed by atoms with E-state index >= 15 is 0 Å². The third-order valence-electron chi connectivity index (χ3n) is 5.06. The molecule has 0 aliphatic carbocycles. The molecular weight excluding hydrogens is 420 g/mol. The summed E-state index contributed by atoms with van der Waals surface area (Å²) in [4.78, 5) is 39.4. The van der Waals surface area contributed by atoms with Gasteiger partial charge in [0.15, 0.2) is 0 Å². The van der Waals surface area contributed by atoms with Crippen molar-refractivity contribution in [2.45, 2.75) is 30.7 Å². The lowest BCUT2D eigenvalue weighted by molar-refractivity contribution is -0.133. The number of rotatable bonds is 6. The zero-order valence-corrected chi connectivity index (χ0v) is 17.6. The van der Waals surface area contributed by atoms with Crippen molar-refractivity contribution >= 4 is 30.7 Å². The quantitative estimate of drug-likeness (QED) is 0.591. The molecule has 164 valence electrons. The number of hydrogen-bond donors (Lipinski definition) is 3. The second kappa shape index (κ2) is 10.2. The Bertz CT molecular complexity index is 921. The Hall–Kier alpha value is -3.20. The lowest BCUT2D eigenvalue weighted by Gasteiger charge is -2.27. The van der Waals surface area contributed by atoms with E-state index in [4.69, 9.17) is 4.74 Å². The molecule has 2 N–H and O–H groups in total. The molecule has 9 heteroatoms. The van der Waals surface area contributed by atoms with Crippen molar-refractivity contribution < 1.29 is 29.3 Å². The fourth-order valence-electron chi connectivity index (χ4n) is 3.44. The van der Waals surface area contributed by atoms with Crippen molar-refractivity contribution in [1.29, 1.82) is 0 Å². The molecule has 8 nitrogen and oxygen atoms in total. The number of nitrogens with zero attached hydrogens (tertiary/aromatic N) is 2. The fraction of sp³-hybridized carbons (Fsp3) is 0.318. The summed E-state index contributed by atoms with van der Waals surface area (Å²) in [5.74, 6) is -0.579. The van der Waals surface area contributed by atoms with Gasteiger partial charge >= 0.3 is 12.2 Å². The molecule has 2 aromatic carbocycles. The van der Waals surface area contributed by atoms with Crippen LogP contribution in [0.3, 0.4) is 0 Å². The maximum atomic E-state index is 13.0. The number of amides is 3. The Morgan fingerprint density at radius 3 is 2.39 bits per heavy atom. The van der Waals surface area contributed by atoms with E-state index in [2.05, 4.69) is 12.6 Å². The van der Waals surface area contributed by atoms with Crippen LogP contribution in [0.4, 0.5) is 9.59 Å². The molecule has 0 bridgehead atoms. The van der Waals surface area contributed by atoms with Crippen LogP contribution in [-0.4, -0.2) is 62.5 Å². The number of phenolic OH excluding ortho intramolecular Hbond substituents is 1. The Morgan fingerprint density at radius 2 is 1.74 bits per heavy atom. The number of hydrogen-bond acceptors (Lipinski definition) is 6. The minimum absolute atomic E-state index is 0.0534. The van der Waals surface area contributed by atoms with E-state index in [1.54, 1.807) is 12.1 Å². The smallest absolute Gasteiger partial charge is 0.414 e. The first kappa shape index (κ1) is 22.5. The molecule has 2 atom stereocenters. The molecule has 1 fully saturated rings. The van der Waals surface area contributed by atoms with Crippen LogP contribution in [0.1, 0.15) is 17.5 Å². The molecule has 3 rings (SSSR count). The molecule has 31 heavy (non-hydrogen) atoms. The normalized spacial score (nSPS) is 17.9. The molecule has 1 heterocycles. The van der Waals surface area contributed by atoms with Crippen molar-refractivity contribution in [2.75, 3.05) is 13.1 Å². The molecule has 0 spiro atoms. The molecule has 0 aromatic heterocycles. The van der Waals surface area contributed by atoms with Gasteiger partial charge in [0.05, 0.1) is 0 Å². The first-order chi connectivity index (χ1) is 14.8. The molecule has 1 saturated heterocycles. The second-order valence-electron chi connectivity index (χ2n) is 7.29. The number of benzene rings is 2. The van der Waals surface area contributed by atoms with E-state index in [1.165, 1.54) is 17.0 Å². The number of carboxylic acid groups (broad SMARTS) is 1. The first-order valence-electron chi connectivity index (χ1n) is 9.82. The highest BCUT2D eigenvalue weighted by Crippen LogP contribution is 2.25. The predicted octanol–water partition coefficient (Wildman–Crippen LogP) is 3.15. The van der Waals surface area contributed by atoms with Crippen molar-refractivity contribution in [1.82, 2.24) is 9.80 Å². The van der Waals surface area contributed by atoms with Crippen LogP contribution in [-0.2, 0) is 22.6 Å². The lowest BCUT2D eigenvalue weighted by Crippen LogP contribution is -2.50. The molecule has 1 aliphatic heterocycles. The van der Waals surface area contributed by atoms with Gasteiger partial charge in [0.1, 0.15) is 18.4 Å². The summed E-state index contributed by atoms with van der Waals surface area (Å²) < 4.78 is 5.33. The van der Waals surface area contributed by atoms with Crippen molar-refractivity contribution in [3.05, 3.63) is 65.7 Å². The maximum Gasteiger partial charge on any atom is 0.414 e. The zero-order valence-electron chi connectivity index (χ0n) is 16.8. The van der Waals surface area contributed by atoms with E-state index in [0.29, 0.717) is 0 Å². The summed E-state index contributed by atoms with van der Waals surface area (Å²) in [6, 6.07) is 14.5. The van der Waals surface area contributed by atoms with Gasteiger partial charge in [-0.15, -0.1) is 0 Å². The number of aromatic hydroxyl groups is 1. The van der Waals surface area contributed by atoms with E-state index in [0.717, 1.165) is 16.0 Å². The van der Waals surface area contributed by atoms with Crippen LogP contribution >= 0.6 is 12.6 Å². The Kier molecular flexibility index (Phi) is 7.41. The lowest BCUT2D eigenvalue weighted by atomic mass is 10.1. The van der Waals surface area contributed by atoms with E-state index in [1.807, 2.05) is 30.3 Å². The van der Waals surface area contributed by atoms with Gasteiger partial charge in [-0.05, 0) is 36.1 Å². The molecule has 2 aromatic rings.